The smallest absolute Gasteiger partial charge is 0.320 e. The summed E-state index contributed by atoms with van der Waals surface area (Å²) >= 11 is 0. The van der Waals surface area contributed by atoms with Crippen molar-refractivity contribution in [3.63, 3.8) is 0 Å². The maximum atomic E-state index is 11.1. The maximum absolute atomic E-state index is 11.1. The van der Waals surface area contributed by atoms with Crippen LogP contribution >= 0.6 is 0 Å². The molecule has 0 rings (SSSR count). The van der Waals surface area contributed by atoms with Gasteiger partial charge in [0, 0.05) is 12.8 Å². The first-order chi connectivity index (χ1) is 18.1. The van der Waals surface area contributed by atoms with Crippen LogP contribution in [0.4, 0.5) is 0 Å². The number of rotatable bonds is 26. The number of hydrogen-bond acceptors (Lipinski definition) is 6. The van der Waals surface area contributed by atoms with E-state index in [9.17, 15) is 19.2 Å². The molecule has 0 spiro atoms. The minimum absolute atomic E-state index is 0.0213. The molecule has 0 aliphatic carbocycles. The van der Waals surface area contributed by atoms with E-state index in [2.05, 4.69) is 12.2 Å². The highest BCUT2D eigenvalue weighted by molar-refractivity contribution is 5.77. The lowest BCUT2D eigenvalue weighted by Crippen LogP contribution is -2.37. The Morgan fingerprint density at radius 1 is 0.632 bits per heavy atom. The standard InChI is InChI=1S/C23H45NO4.C5H10N2O3/c1-2-3-4-5-6-7-8-9-10-11-12-13-14-15-16-17-20-24-21(23(27)28)18-19-22(25)26;6-3(5(9)10)1-2-4(7)8/h21,24H,2-20H2,1H3,(H,25,26)(H,27,28);3H,1-2,6H2,(H2,7,8)(H,9,10)/t21-;3-/m10/s1. The fourth-order valence-corrected chi connectivity index (χ4v) is 3.95. The van der Waals surface area contributed by atoms with Gasteiger partial charge in [0.1, 0.15) is 12.1 Å². The van der Waals surface area contributed by atoms with Crippen molar-refractivity contribution in [2.45, 2.75) is 147 Å². The molecule has 0 saturated carbocycles. The Hall–Kier alpha value is -2.20. The first-order valence-corrected chi connectivity index (χ1v) is 14.6. The second-order valence-electron chi connectivity index (χ2n) is 10.0. The summed E-state index contributed by atoms with van der Waals surface area (Å²) in [6.45, 7) is 2.91. The number of carbonyl (C=O) groups excluding carboxylic acids is 1. The molecule has 0 fully saturated rings. The number of hydrogen-bond donors (Lipinski definition) is 6. The number of primary amides is 1. The van der Waals surface area contributed by atoms with E-state index in [1.54, 1.807) is 0 Å². The van der Waals surface area contributed by atoms with E-state index in [0.29, 0.717) is 6.54 Å². The first-order valence-electron chi connectivity index (χ1n) is 14.6. The number of carboxylic acid groups (broad SMARTS) is 3. The van der Waals surface area contributed by atoms with Gasteiger partial charge >= 0.3 is 17.9 Å². The normalized spacial score (nSPS) is 12.3. The summed E-state index contributed by atoms with van der Waals surface area (Å²) in [5.41, 5.74) is 9.81. The lowest BCUT2D eigenvalue weighted by Gasteiger charge is -2.13. The second kappa shape index (κ2) is 27.8. The SMILES string of the molecule is CCCCCCCCCCCCCCCCCCN[C@H](CCC(=O)O)C(=O)O.NC(=O)CC[C@H](N)C(=O)O. The van der Waals surface area contributed by atoms with Gasteiger partial charge in [0.25, 0.3) is 0 Å². The van der Waals surface area contributed by atoms with Gasteiger partial charge in [0.15, 0.2) is 0 Å². The van der Waals surface area contributed by atoms with Gasteiger partial charge in [-0.1, -0.05) is 103 Å². The van der Waals surface area contributed by atoms with E-state index in [4.69, 9.17) is 26.8 Å². The van der Waals surface area contributed by atoms with Crippen LogP contribution in [-0.2, 0) is 19.2 Å². The molecule has 2 atom stereocenters. The van der Waals surface area contributed by atoms with Crippen LogP contribution < -0.4 is 16.8 Å². The number of unbranched alkanes of at least 4 members (excludes halogenated alkanes) is 15. The summed E-state index contributed by atoms with van der Waals surface area (Å²) in [5.74, 6) is -3.55. The van der Waals surface area contributed by atoms with E-state index in [1.165, 1.54) is 89.9 Å². The molecule has 224 valence electrons. The average Bonchev–Trinajstić information content (AvgIpc) is 2.86. The van der Waals surface area contributed by atoms with Crippen molar-refractivity contribution in [2.24, 2.45) is 11.5 Å². The predicted octanol–water partition coefficient (Wildman–Crippen LogP) is 4.82. The maximum Gasteiger partial charge on any atom is 0.320 e. The summed E-state index contributed by atoms with van der Waals surface area (Å²) < 4.78 is 0. The second-order valence-corrected chi connectivity index (χ2v) is 10.0. The third-order valence-electron chi connectivity index (χ3n) is 6.38. The minimum atomic E-state index is -1.11. The fourth-order valence-electron chi connectivity index (χ4n) is 3.95. The largest absolute Gasteiger partial charge is 0.481 e. The summed E-state index contributed by atoms with van der Waals surface area (Å²) in [5, 5.41) is 28.9. The van der Waals surface area contributed by atoms with Crippen molar-refractivity contribution in [1.29, 1.82) is 0 Å². The van der Waals surface area contributed by atoms with Crippen LogP contribution in [0.2, 0.25) is 0 Å². The van der Waals surface area contributed by atoms with Crippen LogP contribution in [0.1, 0.15) is 135 Å². The minimum Gasteiger partial charge on any atom is -0.481 e. The average molecular weight is 546 g/mol. The van der Waals surface area contributed by atoms with Gasteiger partial charge < -0.3 is 32.1 Å². The van der Waals surface area contributed by atoms with Crippen molar-refractivity contribution >= 4 is 23.8 Å². The van der Waals surface area contributed by atoms with Gasteiger partial charge in [-0.15, -0.1) is 0 Å². The monoisotopic (exact) mass is 545 g/mol. The number of nitrogens with two attached hydrogens (primary N) is 2. The molecule has 10 heteroatoms. The summed E-state index contributed by atoms with van der Waals surface area (Å²) in [6.07, 6.45) is 21.3. The third kappa shape index (κ3) is 30.0. The fraction of sp³-hybridized carbons (Fsp3) is 0.857. The molecule has 0 saturated heterocycles. The van der Waals surface area contributed by atoms with Gasteiger partial charge in [-0.05, 0) is 25.8 Å². The number of amides is 1. The Bertz CT molecular complexity index is 617. The number of nitrogens with one attached hydrogen (secondary N) is 1. The molecule has 0 aromatic rings. The Kier molecular flexibility index (Phi) is 27.8. The molecular formula is C28H55N3O7. The van der Waals surface area contributed by atoms with Crippen molar-refractivity contribution in [3.8, 4) is 0 Å². The third-order valence-corrected chi connectivity index (χ3v) is 6.38. The highest BCUT2D eigenvalue weighted by atomic mass is 16.4. The van der Waals surface area contributed by atoms with Crippen molar-refractivity contribution in [2.75, 3.05) is 6.54 Å². The zero-order valence-corrected chi connectivity index (χ0v) is 23.6. The Labute approximate surface area is 229 Å². The molecule has 0 bridgehead atoms. The number of aliphatic carboxylic acids is 3. The van der Waals surface area contributed by atoms with Crippen LogP contribution in [0.15, 0.2) is 0 Å². The summed E-state index contributed by atoms with van der Waals surface area (Å²) in [6, 6.07) is -1.72. The molecule has 0 heterocycles. The van der Waals surface area contributed by atoms with E-state index in [-0.39, 0.29) is 25.7 Å². The van der Waals surface area contributed by atoms with E-state index in [1.807, 2.05) is 0 Å². The lowest BCUT2D eigenvalue weighted by molar-refractivity contribution is -0.141. The van der Waals surface area contributed by atoms with Crippen LogP contribution in [0, 0.1) is 0 Å². The molecule has 0 aliphatic rings. The number of carbonyl (C=O) groups is 4. The molecule has 0 aromatic carbocycles. The topological polar surface area (TPSA) is 193 Å². The summed E-state index contributed by atoms with van der Waals surface area (Å²) in [4.78, 5) is 41.7. The van der Waals surface area contributed by atoms with E-state index >= 15 is 0 Å². The Morgan fingerprint density at radius 3 is 1.39 bits per heavy atom. The van der Waals surface area contributed by atoms with E-state index < -0.39 is 35.9 Å². The molecule has 10 nitrogen and oxygen atoms in total. The predicted molar refractivity (Wildman–Crippen MR) is 150 cm³/mol. The molecule has 8 N–H and O–H groups in total. The van der Waals surface area contributed by atoms with Crippen LogP contribution in [0.5, 0.6) is 0 Å². The molecule has 1 amide bonds. The van der Waals surface area contributed by atoms with Gasteiger partial charge in [-0.25, -0.2) is 0 Å². The van der Waals surface area contributed by atoms with Crippen molar-refractivity contribution in [1.82, 2.24) is 5.32 Å². The highest BCUT2D eigenvalue weighted by Gasteiger charge is 2.17. The number of carboxylic acids is 3. The van der Waals surface area contributed by atoms with Crippen LogP contribution in [0.3, 0.4) is 0 Å². The van der Waals surface area contributed by atoms with Gasteiger partial charge in [0.2, 0.25) is 5.91 Å². The Balaban J connectivity index is 0. The lowest BCUT2D eigenvalue weighted by atomic mass is 10.0. The van der Waals surface area contributed by atoms with Crippen LogP contribution in [-0.4, -0.2) is 57.8 Å². The van der Waals surface area contributed by atoms with Crippen molar-refractivity contribution in [3.05, 3.63) is 0 Å². The van der Waals surface area contributed by atoms with Crippen LogP contribution in [0.25, 0.3) is 0 Å². The highest BCUT2D eigenvalue weighted by Crippen LogP contribution is 2.13. The summed E-state index contributed by atoms with van der Waals surface area (Å²) in [7, 11) is 0. The van der Waals surface area contributed by atoms with Gasteiger partial charge in [0.05, 0.1) is 0 Å². The van der Waals surface area contributed by atoms with Crippen molar-refractivity contribution < 1.29 is 34.5 Å². The first kappa shape index (κ1) is 37.9. The molecule has 0 aliphatic heterocycles. The molecular weight excluding hydrogens is 490 g/mol. The Morgan fingerprint density at radius 2 is 1.05 bits per heavy atom. The zero-order valence-electron chi connectivity index (χ0n) is 23.6. The molecule has 0 unspecified atom stereocenters. The van der Waals surface area contributed by atoms with Gasteiger partial charge in [-0.2, -0.15) is 0 Å². The van der Waals surface area contributed by atoms with Gasteiger partial charge in [-0.3, -0.25) is 19.2 Å². The quantitative estimate of drug-likeness (QED) is 0.0826. The molecule has 0 radical (unpaired) electrons. The molecule has 38 heavy (non-hydrogen) atoms. The van der Waals surface area contributed by atoms with E-state index in [0.717, 1.165) is 12.8 Å². The molecule has 0 aromatic heterocycles. The zero-order chi connectivity index (χ0) is 29.0.